The Morgan fingerprint density at radius 1 is 0.931 bits per heavy atom. The van der Waals surface area contributed by atoms with Crippen molar-refractivity contribution in [3.05, 3.63) is 64.5 Å². The molecule has 0 atom stereocenters. The zero-order valence-electron chi connectivity index (χ0n) is 17.1. The highest BCUT2D eigenvalue weighted by molar-refractivity contribution is 5.85. The first-order valence-electron chi connectivity index (χ1n) is 8.93. The SMILES string of the molecule is CCN(CC)c1ccc(C#N)cc1C=O.CNC.N#Cc1ccc(F)c(C=O)c1. The number of hydrogen-bond donors (Lipinski definition) is 1. The molecule has 1 N–H and O–H groups in total. The van der Waals surface area contributed by atoms with E-state index >= 15 is 0 Å². The zero-order chi connectivity index (χ0) is 22.2. The van der Waals surface area contributed by atoms with Gasteiger partial charge in [0.1, 0.15) is 5.82 Å². The van der Waals surface area contributed by atoms with Crippen LogP contribution in [0.2, 0.25) is 0 Å². The largest absolute Gasteiger partial charge is 0.372 e. The molecule has 0 aliphatic rings. The molecule has 0 aliphatic carbocycles. The van der Waals surface area contributed by atoms with Crippen LogP contribution in [-0.2, 0) is 0 Å². The van der Waals surface area contributed by atoms with Gasteiger partial charge >= 0.3 is 0 Å². The summed E-state index contributed by atoms with van der Waals surface area (Å²) in [5.74, 6) is -0.598. The van der Waals surface area contributed by atoms with E-state index in [9.17, 15) is 14.0 Å². The predicted molar refractivity (Wildman–Crippen MR) is 112 cm³/mol. The topological polar surface area (TPSA) is 97.0 Å². The molecule has 0 saturated carbocycles. The number of rotatable bonds is 5. The van der Waals surface area contributed by atoms with Crippen molar-refractivity contribution in [3.8, 4) is 12.1 Å². The van der Waals surface area contributed by atoms with E-state index in [-0.39, 0.29) is 11.1 Å². The molecule has 2 aromatic carbocycles. The second-order valence-corrected chi connectivity index (χ2v) is 5.64. The third kappa shape index (κ3) is 8.34. The van der Waals surface area contributed by atoms with Gasteiger partial charge in [0, 0.05) is 24.3 Å². The van der Waals surface area contributed by atoms with E-state index in [1.165, 1.54) is 12.1 Å². The van der Waals surface area contributed by atoms with Gasteiger partial charge in [0.15, 0.2) is 12.6 Å². The fourth-order valence-corrected chi connectivity index (χ4v) is 2.27. The summed E-state index contributed by atoms with van der Waals surface area (Å²) in [6.45, 7) is 5.78. The van der Waals surface area contributed by atoms with Gasteiger partial charge in [0.2, 0.25) is 0 Å². The smallest absolute Gasteiger partial charge is 0.153 e. The average Bonchev–Trinajstić information content (AvgIpc) is 2.76. The maximum atomic E-state index is 12.6. The van der Waals surface area contributed by atoms with E-state index in [2.05, 4.69) is 10.2 Å². The van der Waals surface area contributed by atoms with Gasteiger partial charge < -0.3 is 10.2 Å². The number of anilines is 1. The first kappa shape index (κ1) is 25.5. The Hall–Kier alpha value is -3.55. The van der Waals surface area contributed by atoms with E-state index < -0.39 is 5.82 Å². The summed E-state index contributed by atoms with van der Waals surface area (Å²) in [7, 11) is 3.75. The second kappa shape index (κ2) is 14.5. The van der Waals surface area contributed by atoms with Crippen LogP contribution in [0, 0.1) is 28.5 Å². The molecular weight excluding hydrogens is 371 g/mol. The van der Waals surface area contributed by atoms with Crippen molar-refractivity contribution in [2.24, 2.45) is 0 Å². The number of nitrogens with one attached hydrogen (secondary N) is 1. The third-order valence-electron chi connectivity index (χ3n) is 3.64. The maximum Gasteiger partial charge on any atom is 0.153 e. The Bertz CT molecular complexity index is 881. The molecule has 2 rings (SSSR count). The van der Waals surface area contributed by atoms with Crippen LogP contribution >= 0.6 is 0 Å². The van der Waals surface area contributed by atoms with Gasteiger partial charge in [-0.3, -0.25) is 9.59 Å². The standard InChI is InChI=1S/C12H14N2O.C8H4FNO.C2H7N/c1-3-14(4-2)12-6-5-10(8-13)7-11(12)9-15;9-8-2-1-6(4-10)3-7(8)5-11;1-3-2/h5-7,9H,3-4H2,1-2H3;1-3,5H;3H,1-2H3. The second-order valence-electron chi connectivity index (χ2n) is 5.64. The molecule has 29 heavy (non-hydrogen) atoms. The van der Waals surface area contributed by atoms with E-state index in [0.717, 1.165) is 31.1 Å². The number of aldehydes is 2. The summed E-state index contributed by atoms with van der Waals surface area (Å²) in [5, 5.41) is 19.8. The number of benzene rings is 2. The van der Waals surface area contributed by atoms with Crippen LogP contribution in [0.25, 0.3) is 0 Å². The van der Waals surface area contributed by atoms with E-state index in [1.807, 2.05) is 40.1 Å². The highest BCUT2D eigenvalue weighted by Crippen LogP contribution is 2.20. The Morgan fingerprint density at radius 2 is 1.38 bits per heavy atom. The molecule has 0 spiro atoms. The molecular formula is C22H25FN4O2. The van der Waals surface area contributed by atoms with Gasteiger partial charge in [-0.15, -0.1) is 0 Å². The number of halogens is 1. The lowest BCUT2D eigenvalue weighted by molar-refractivity contribution is 0.111. The zero-order valence-corrected chi connectivity index (χ0v) is 17.1. The van der Waals surface area contributed by atoms with Crippen LogP contribution in [0.3, 0.4) is 0 Å². The molecule has 0 bridgehead atoms. The number of nitriles is 2. The van der Waals surface area contributed by atoms with Crippen molar-refractivity contribution < 1.29 is 14.0 Å². The van der Waals surface area contributed by atoms with Gasteiger partial charge in [-0.25, -0.2) is 4.39 Å². The Balaban J connectivity index is 0.000000493. The molecule has 0 unspecified atom stereocenters. The fourth-order valence-electron chi connectivity index (χ4n) is 2.27. The van der Waals surface area contributed by atoms with Crippen molar-refractivity contribution >= 4 is 18.3 Å². The van der Waals surface area contributed by atoms with Gasteiger partial charge in [-0.1, -0.05) is 0 Å². The lowest BCUT2D eigenvalue weighted by atomic mass is 10.1. The van der Waals surface area contributed by atoms with Crippen molar-refractivity contribution in [1.29, 1.82) is 10.5 Å². The van der Waals surface area contributed by atoms with Gasteiger partial charge in [-0.05, 0) is 64.3 Å². The molecule has 7 heteroatoms. The molecule has 0 saturated heterocycles. The maximum absolute atomic E-state index is 12.6. The summed E-state index contributed by atoms with van der Waals surface area (Å²) < 4.78 is 12.6. The Kier molecular flexibility index (Phi) is 12.7. The summed E-state index contributed by atoms with van der Waals surface area (Å²) >= 11 is 0. The van der Waals surface area contributed by atoms with Gasteiger partial charge in [0.25, 0.3) is 0 Å². The first-order valence-corrected chi connectivity index (χ1v) is 8.93. The average molecular weight is 396 g/mol. The minimum absolute atomic E-state index is 0.0796. The number of carbonyl (C=O) groups excluding carboxylic acids is 2. The highest BCUT2D eigenvalue weighted by atomic mass is 19.1. The van der Waals surface area contributed by atoms with Crippen LogP contribution in [-0.4, -0.2) is 39.8 Å². The lowest BCUT2D eigenvalue weighted by Crippen LogP contribution is -2.23. The molecule has 6 nitrogen and oxygen atoms in total. The summed E-state index contributed by atoms with van der Waals surface area (Å²) in [4.78, 5) is 23.1. The molecule has 0 fully saturated rings. The van der Waals surface area contributed by atoms with E-state index in [0.29, 0.717) is 17.4 Å². The molecule has 2 aromatic rings. The number of carbonyl (C=O) groups is 2. The first-order chi connectivity index (χ1) is 13.9. The van der Waals surface area contributed by atoms with E-state index in [4.69, 9.17) is 10.5 Å². The van der Waals surface area contributed by atoms with Crippen LogP contribution < -0.4 is 10.2 Å². The van der Waals surface area contributed by atoms with Gasteiger partial charge in [-0.2, -0.15) is 10.5 Å². The minimum Gasteiger partial charge on any atom is -0.372 e. The number of nitrogens with zero attached hydrogens (tertiary/aromatic N) is 3. The van der Waals surface area contributed by atoms with Gasteiger partial charge in [0.05, 0.1) is 28.8 Å². The molecule has 0 aliphatic heterocycles. The van der Waals surface area contributed by atoms with Crippen molar-refractivity contribution in [2.45, 2.75) is 13.8 Å². The molecule has 0 radical (unpaired) electrons. The Morgan fingerprint density at radius 3 is 1.79 bits per heavy atom. The number of hydrogen-bond acceptors (Lipinski definition) is 6. The van der Waals surface area contributed by atoms with E-state index in [1.54, 1.807) is 18.2 Å². The van der Waals surface area contributed by atoms with Crippen LogP contribution in [0.5, 0.6) is 0 Å². The summed E-state index contributed by atoms with van der Waals surface area (Å²) in [6, 6.07) is 12.7. The third-order valence-corrected chi connectivity index (χ3v) is 3.64. The van der Waals surface area contributed by atoms with Crippen LogP contribution in [0.4, 0.5) is 10.1 Å². The summed E-state index contributed by atoms with van der Waals surface area (Å²) in [6.07, 6.45) is 1.19. The highest BCUT2D eigenvalue weighted by Gasteiger charge is 2.08. The molecule has 0 heterocycles. The van der Waals surface area contributed by atoms with Crippen molar-refractivity contribution in [2.75, 3.05) is 32.1 Å². The van der Waals surface area contributed by atoms with Crippen LogP contribution in [0.15, 0.2) is 36.4 Å². The monoisotopic (exact) mass is 396 g/mol. The normalized spacial score (nSPS) is 8.79. The molecule has 152 valence electrons. The summed E-state index contributed by atoms with van der Waals surface area (Å²) in [5.41, 5.74) is 2.21. The minimum atomic E-state index is -0.598. The molecule has 0 aromatic heterocycles. The van der Waals surface area contributed by atoms with Crippen LogP contribution in [0.1, 0.15) is 45.7 Å². The lowest BCUT2D eigenvalue weighted by Gasteiger charge is -2.22. The van der Waals surface area contributed by atoms with Crippen molar-refractivity contribution in [3.63, 3.8) is 0 Å². The van der Waals surface area contributed by atoms with Crippen molar-refractivity contribution in [1.82, 2.24) is 5.32 Å². The molecule has 0 amide bonds. The predicted octanol–water partition coefficient (Wildman–Crippen LogP) is 3.56. The quantitative estimate of drug-likeness (QED) is 0.776. The Labute approximate surface area is 171 Å². The fraction of sp³-hybridized carbons (Fsp3) is 0.273.